The van der Waals surface area contributed by atoms with Gasteiger partial charge in [-0.1, -0.05) is 12.7 Å². The van der Waals surface area contributed by atoms with Gasteiger partial charge in [0.2, 0.25) is 0 Å². The smallest absolute Gasteiger partial charge is 0.408 e. The summed E-state index contributed by atoms with van der Waals surface area (Å²) in [6.45, 7) is 13.3. The van der Waals surface area contributed by atoms with E-state index in [1.807, 2.05) is 20.8 Å². The number of nitrogens with one attached hydrogen (secondary N) is 3. The molecular weight excluding hydrogens is 244 g/mol. The summed E-state index contributed by atoms with van der Waals surface area (Å²) in [4.78, 5) is 15.3. The van der Waals surface area contributed by atoms with E-state index in [9.17, 15) is 4.79 Å². The number of carbonyl (C=O) groups excluding carboxylic acids is 1. The highest BCUT2D eigenvalue weighted by molar-refractivity contribution is 5.68. The van der Waals surface area contributed by atoms with Gasteiger partial charge in [-0.15, -0.1) is 6.58 Å². The largest absolute Gasteiger partial charge is 0.444 e. The molecule has 0 aliphatic heterocycles. The Bertz CT molecular complexity index is 345. The summed E-state index contributed by atoms with van der Waals surface area (Å²) in [5.74, 6) is 0.587. The van der Waals surface area contributed by atoms with Crippen LogP contribution in [0.15, 0.2) is 30.0 Å². The Kier molecular flexibility index (Phi) is 7.33. The minimum Gasteiger partial charge on any atom is -0.444 e. The molecule has 0 radical (unpaired) electrons. The van der Waals surface area contributed by atoms with E-state index in [0.717, 1.165) is 0 Å². The van der Waals surface area contributed by atoms with Gasteiger partial charge < -0.3 is 20.7 Å². The van der Waals surface area contributed by atoms with Crippen molar-refractivity contribution in [2.45, 2.75) is 32.4 Å². The van der Waals surface area contributed by atoms with Crippen LogP contribution in [0, 0.1) is 0 Å². The van der Waals surface area contributed by atoms with Crippen LogP contribution in [-0.4, -0.2) is 37.7 Å². The van der Waals surface area contributed by atoms with Crippen molar-refractivity contribution in [3.63, 3.8) is 0 Å². The molecule has 0 aromatic carbocycles. The fraction of sp³-hybridized carbons (Fsp3) is 0.538. The molecule has 0 aliphatic rings. The van der Waals surface area contributed by atoms with Gasteiger partial charge in [0.1, 0.15) is 5.60 Å². The number of rotatable bonds is 7. The van der Waals surface area contributed by atoms with Gasteiger partial charge >= 0.3 is 6.09 Å². The van der Waals surface area contributed by atoms with Gasteiger partial charge in [0.15, 0.2) is 0 Å². The summed E-state index contributed by atoms with van der Waals surface area (Å²) < 4.78 is 5.16. The monoisotopic (exact) mass is 268 g/mol. The van der Waals surface area contributed by atoms with Crippen molar-refractivity contribution < 1.29 is 9.53 Å². The van der Waals surface area contributed by atoms with Gasteiger partial charge in [0, 0.05) is 13.6 Å². The van der Waals surface area contributed by atoms with Crippen molar-refractivity contribution in [3.8, 4) is 0 Å². The molecule has 0 bridgehead atoms. The number of aliphatic imine (C=N–C) groups is 1. The minimum absolute atomic E-state index is 0.257. The third-order valence-electron chi connectivity index (χ3n) is 1.89. The number of amides is 1. The first-order chi connectivity index (χ1) is 8.78. The first kappa shape index (κ1) is 17.0. The van der Waals surface area contributed by atoms with Crippen molar-refractivity contribution >= 4 is 12.4 Å². The number of hydrogen-bond acceptors (Lipinski definition) is 4. The molecule has 1 atom stereocenters. The third-order valence-corrected chi connectivity index (χ3v) is 1.89. The van der Waals surface area contributed by atoms with Crippen LogP contribution in [-0.2, 0) is 4.74 Å². The molecule has 1 unspecified atom stereocenters. The summed E-state index contributed by atoms with van der Waals surface area (Å²) in [5, 5.41) is 8.52. The van der Waals surface area contributed by atoms with Gasteiger partial charge in [-0.25, -0.2) is 4.79 Å². The molecular formula is C13H24N4O2. The van der Waals surface area contributed by atoms with Gasteiger partial charge in [-0.3, -0.25) is 4.99 Å². The quantitative estimate of drug-likeness (QED) is 0.370. The van der Waals surface area contributed by atoms with Crippen molar-refractivity contribution in [1.82, 2.24) is 16.0 Å². The van der Waals surface area contributed by atoms with Crippen molar-refractivity contribution in [2.75, 3.05) is 13.6 Å². The summed E-state index contributed by atoms with van der Waals surface area (Å²) in [7, 11) is 1.65. The van der Waals surface area contributed by atoms with Crippen molar-refractivity contribution in [3.05, 3.63) is 25.1 Å². The van der Waals surface area contributed by atoms with Crippen LogP contribution >= 0.6 is 0 Å². The number of alkyl carbamates (subject to hydrolysis) is 1. The number of carbonyl (C=O) groups is 1. The molecule has 0 fully saturated rings. The van der Waals surface area contributed by atoms with E-state index in [0.29, 0.717) is 12.4 Å². The fourth-order valence-electron chi connectivity index (χ4n) is 1.08. The average Bonchev–Trinajstić information content (AvgIpc) is 2.29. The zero-order chi connectivity index (χ0) is 14.9. The zero-order valence-corrected chi connectivity index (χ0v) is 12.1. The minimum atomic E-state index is -0.522. The number of ether oxygens (including phenoxy) is 1. The fourth-order valence-corrected chi connectivity index (χ4v) is 1.08. The molecule has 0 rings (SSSR count). The zero-order valence-electron chi connectivity index (χ0n) is 12.1. The number of hydrogen-bond donors (Lipinski definition) is 3. The molecule has 19 heavy (non-hydrogen) atoms. The topological polar surface area (TPSA) is 74.8 Å². The highest BCUT2D eigenvalue weighted by Crippen LogP contribution is 2.06. The molecule has 0 aromatic rings. The first-order valence-corrected chi connectivity index (χ1v) is 6.00. The Morgan fingerprint density at radius 1 is 1.47 bits per heavy atom. The Morgan fingerprint density at radius 3 is 2.58 bits per heavy atom. The Labute approximate surface area is 115 Å². The lowest BCUT2D eigenvalue weighted by Crippen LogP contribution is -2.43. The second-order valence-corrected chi connectivity index (χ2v) is 4.88. The first-order valence-electron chi connectivity index (χ1n) is 6.00. The van der Waals surface area contributed by atoms with Gasteiger partial charge in [0.05, 0.1) is 18.2 Å². The van der Waals surface area contributed by atoms with E-state index in [-0.39, 0.29) is 6.04 Å². The van der Waals surface area contributed by atoms with Gasteiger partial charge in [-0.05, 0) is 20.8 Å². The summed E-state index contributed by atoms with van der Waals surface area (Å²) >= 11 is 0. The maximum absolute atomic E-state index is 11.6. The van der Waals surface area contributed by atoms with Crippen LogP contribution in [0.25, 0.3) is 0 Å². The Balaban J connectivity index is 4.11. The molecule has 0 saturated heterocycles. The van der Waals surface area contributed by atoms with Crippen LogP contribution in [0.5, 0.6) is 0 Å². The van der Waals surface area contributed by atoms with Gasteiger partial charge in [-0.2, -0.15) is 0 Å². The van der Waals surface area contributed by atoms with Crippen LogP contribution in [0.3, 0.4) is 0 Å². The highest BCUT2D eigenvalue weighted by Gasteiger charge is 2.18. The number of nitrogens with zero attached hydrogens (tertiary/aromatic N) is 1. The lowest BCUT2D eigenvalue weighted by molar-refractivity contribution is 0.0514. The molecule has 0 spiro atoms. The lowest BCUT2D eigenvalue weighted by Gasteiger charge is -2.22. The molecule has 6 nitrogen and oxygen atoms in total. The molecule has 108 valence electrons. The van der Waals surface area contributed by atoms with Gasteiger partial charge in [0.25, 0.3) is 0 Å². The lowest BCUT2D eigenvalue weighted by atomic mass is 10.2. The summed E-state index contributed by atoms with van der Waals surface area (Å²) in [6.07, 6.45) is 2.66. The predicted octanol–water partition coefficient (Wildman–Crippen LogP) is 1.37. The molecule has 3 N–H and O–H groups in total. The third kappa shape index (κ3) is 9.70. The molecule has 6 heteroatoms. The van der Waals surface area contributed by atoms with E-state index < -0.39 is 11.7 Å². The second kappa shape index (κ2) is 8.18. The van der Waals surface area contributed by atoms with E-state index >= 15 is 0 Å². The van der Waals surface area contributed by atoms with Crippen molar-refractivity contribution in [2.24, 2.45) is 4.99 Å². The predicted molar refractivity (Wildman–Crippen MR) is 78.0 cm³/mol. The SMILES string of the molecule is C=CC(CNC(=C)NC=NC)NC(=O)OC(C)(C)C. The molecule has 0 aromatic heterocycles. The van der Waals surface area contributed by atoms with Crippen molar-refractivity contribution in [1.29, 1.82) is 0 Å². The second-order valence-electron chi connectivity index (χ2n) is 4.88. The van der Waals surface area contributed by atoms with E-state index in [2.05, 4.69) is 34.1 Å². The Morgan fingerprint density at radius 2 is 2.11 bits per heavy atom. The van der Waals surface area contributed by atoms with E-state index in [1.165, 1.54) is 6.34 Å². The molecule has 0 heterocycles. The standard InChI is InChI=1S/C13H24N4O2/c1-7-11(8-15-10(2)16-9-14-6)17-12(18)19-13(3,4)5/h7,9,11,15H,1-2,8H2,3-6H3,(H,14,16)(H,17,18). The van der Waals surface area contributed by atoms with Crippen LogP contribution in [0.2, 0.25) is 0 Å². The molecule has 0 aliphatic carbocycles. The van der Waals surface area contributed by atoms with E-state index in [1.54, 1.807) is 13.1 Å². The van der Waals surface area contributed by atoms with E-state index in [4.69, 9.17) is 4.74 Å². The Hall–Kier alpha value is -1.98. The summed E-state index contributed by atoms with van der Waals surface area (Å²) in [6, 6.07) is -0.257. The maximum atomic E-state index is 11.6. The molecule has 1 amide bonds. The average molecular weight is 268 g/mol. The normalized spacial score (nSPS) is 12.6. The summed E-state index contributed by atoms with van der Waals surface area (Å²) in [5.41, 5.74) is -0.522. The van der Waals surface area contributed by atoms with Crippen LogP contribution < -0.4 is 16.0 Å². The maximum Gasteiger partial charge on any atom is 0.408 e. The highest BCUT2D eigenvalue weighted by atomic mass is 16.6. The molecule has 0 saturated carbocycles. The van der Waals surface area contributed by atoms with Crippen LogP contribution in [0.4, 0.5) is 4.79 Å². The van der Waals surface area contributed by atoms with Crippen LogP contribution in [0.1, 0.15) is 20.8 Å².